The number of aromatic nitrogens is 1. The smallest absolute Gasteiger partial charge is 0.330 e. The monoisotopic (exact) mass is 230 g/mol. The highest BCUT2D eigenvalue weighted by atomic mass is 16.5. The molecule has 0 bridgehead atoms. The summed E-state index contributed by atoms with van der Waals surface area (Å²) in [5, 5.41) is 1.02. The number of ether oxygens (including phenoxy) is 1. The molecule has 1 aromatic carbocycles. The lowest BCUT2D eigenvalue weighted by atomic mass is 10.2. The van der Waals surface area contributed by atoms with Crippen LogP contribution in [0.3, 0.4) is 0 Å². The number of nitrogens with two attached hydrogens (primary N) is 1. The second-order valence-electron chi connectivity index (χ2n) is 3.66. The van der Waals surface area contributed by atoms with Gasteiger partial charge in [-0.25, -0.2) is 4.79 Å². The standard InChI is InChI=1S/C13H14N2O2/c1-2-17-13(16)6-4-11-8-9-7-10(14)3-5-12(9)15-11/h3-8,15H,2,14H2,1H3/b6-4+. The summed E-state index contributed by atoms with van der Waals surface area (Å²) < 4.78 is 4.80. The molecule has 1 heterocycles. The molecule has 0 saturated carbocycles. The zero-order chi connectivity index (χ0) is 12.3. The van der Waals surface area contributed by atoms with Gasteiger partial charge < -0.3 is 15.5 Å². The number of aromatic amines is 1. The predicted octanol–water partition coefficient (Wildman–Crippen LogP) is 2.33. The van der Waals surface area contributed by atoms with E-state index in [0.717, 1.165) is 22.3 Å². The summed E-state index contributed by atoms with van der Waals surface area (Å²) in [6, 6.07) is 7.55. The average molecular weight is 230 g/mol. The van der Waals surface area contributed by atoms with Crippen LogP contribution in [0.25, 0.3) is 17.0 Å². The molecule has 2 aromatic rings. The molecule has 4 nitrogen and oxygen atoms in total. The molecule has 2 rings (SSSR count). The van der Waals surface area contributed by atoms with Crippen LogP contribution in [0.2, 0.25) is 0 Å². The number of anilines is 1. The lowest BCUT2D eigenvalue weighted by Crippen LogP contribution is -1.98. The van der Waals surface area contributed by atoms with E-state index in [4.69, 9.17) is 10.5 Å². The van der Waals surface area contributed by atoms with E-state index in [9.17, 15) is 4.79 Å². The summed E-state index contributed by atoms with van der Waals surface area (Å²) in [5.74, 6) is -0.342. The molecule has 17 heavy (non-hydrogen) atoms. The van der Waals surface area contributed by atoms with Gasteiger partial charge >= 0.3 is 5.97 Å². The van der Waals surface area contributed by atoms with Gasteiger partial charge in [0.25, 0.3) is 0 Å². The molecule has 0 spiro atoms. The lowest BCUT2D eigenvalue weighted by Gasteiger charge is -1.93. The third kappa shape index (κ3) is 2.66. The van der Waals surface area contributed by atoms with Crippen LogP contribution < -0.4 is 5.73 Å². The van der Waals surface area contributed by atoms with Crippen LogP contribution in [0.15, 0.2) is 30.3 Å². The fraction of sp³-hybridized carbons (Fsp3) is 0.154. The van der Waals surface area contributed by atoms with Crippen molar-refractivity contribution in [1.29, 1.82) is 0 Å². The fourth-order valence-corrected chi connectivity index (χ4v) is 1.61. The molecule has 0 radical (unpaired) electrons. The van der Waals surface area contributed by atoms with Crippen molar-refractivity contribution >= 4 is 28.6 Å². The molecule has 0 saturated heterocycles. The number of esters is 1. The van der Waals surface area contributed by atoms with Gasteiger partial charge in [-0.3, -0.25) is 0 Å². The van der Waals surface area contributed by atoms with Crippen molar-refractivity contribution in [2.75, 3.05) is 12.3 Å². The quantitative estimate of drug-likeness (QED) is 0.483. The molecule has 1 aromatic heterocycles. The van der Waals surface area contributed by atoms with Crippen molar-refractivity contribution in [3.8, 4) is 0 Å². The van der Waals surface area contributed by atoms with Gasteiger partial charge in [0.2, 0.25) is 0 Å². The second-order valence-corrected chi connectivity index (χ2v) is 3.66. The number of rotatable bonds is 3. The van der Waals surface area contributed by atoms with Crippen LogP contribution in [0.4, 0.5) is 5.69 Å². The van der Waals surface area contributed by atoms with Crippen LogP contribution in [0.5, 0.6) is 0 Å². The first-order chi connectivity index (χ1) is 8.19. The summed E-state index contributed by atoms with van der Waals surface area (Å²) in [4.78, 5) is 14.3. The highest BCUT2D eigenvalue weighted by Gasteiger charge is 1.99. The molecule has 0 atom stereocenters. The predicted molar refractivity (Wildman–Crippen MR) is 68.4 cm³/mol. The summed E-state index contributed by atoms with van der Waals surface area (Å²) >= 11 is 0. The molecule has 0 fully saturated rings. The lowest BCUT2D eigenvalue weighted by molar-refractivity contribution is -0.137. The minimum atomic E-state index is -0.342. The number of carbonyl (C=O) groups excluding carboxylic acids is 1. The van der Waals surface area contributed by atoms with Crippen LogP contribution >= 0.6 is 0 Å². The second kappa shape index (κ2) is 4.74. The minimum Gasteiger partial charge on any atom is -0.463 e. The van der Waals surface area contributed by atoms with E-state index in [0.29, 0.717) is 6.61 Å². The molecule has 4 heteroatoms. The van der Waals surface area contributed by atoms with Crippen LogP contribution in [0.1, 0.15) is 12.6 Å². The summed E-state index contributed by atoms with van der Waals surface area (Å²) in [6.07, 6.45) is 3.09. The number of benzene rings is 1. The van der Waals surface area contributed by atoms with Gasteiger partial charge in [-0.1, -0.05) is 0 Å². The van der Waals surface area contributed by atoms with Gasteiger partial charge in [0.15, 0.2) is 0 Å². The molecule has 0 aliphatic heterocycles. The number of fused-ring (bicyclic) bond motifs is 1. The molecular formula is C13H14N2O2. The normalized spacial score (nSPS) is 11.1. The van der Waals surface area contributed by atoms with E-state index >= 15 is 0 Å². The minimum absolute atomic E-state index is 0.342. The number of hydrogen-bond acceptors (Lipinski definition) is 3. The van der Waals surface area contributed by atoms with E-state index in [-0.39, 0.29) is 5.97 Å². The Bertz CT molecular complexity index is 570. The van der Waals surface area contributed by atoms with Gasteiger partial charge in [0.05, 0.1) is 6.61 Å². The molecule has 0 unspecified atom stereocenters. The summed E-state index contributed by atoms with van der Waals surface area (Å²) in [5.41, 5.74) is 8.24. The topological polar surface area (TPSA) is 68.1 Å². The summed E-state index contributed by atoms with van der Waals surface area (Å²) in [7, 11) is 0. The Kier molecular flexibility index (Phi) is 3.14. The van der Waals surface area contributed by atoms with Gasteiger partial charge in [0, 0.05) is 28.4 Å². The maximum atomic E-state index is 11.1. The summed E-state index contributed by atoms with van der Waals surface area (Å²) in [6.45, 7) is 2.16. The number of H-pyrrole nitrogens is 1. The van der Waals surface area contributed by atoms with Crippen LogP contribution in [-0.2, 0) is 9.53 Å². The number of nitrogens with one attached hydrogen (secondary N) is 1. The van der Waals surface area contributed by atoms with Crippen molar-refractivity contribution in [3.63, 3.8) is 0 Å². The third-order valence-corrected chi connectivity index (χ3v) is 2.35. The molecule has 88 valence electrons. The highest BCUT2D eigenvalue weighted by Crippen LogP contribution is 2.18. The number of hydrogen-bond donors (Lipinski definition) is 2. The molecule has 0 aliphatic rings. The fourth-order valence-electron chi connectivity index (χ4n) is 1.61. The Labute approximate surface area is 99.1 Å². The Hall–Kier alpha value is -2.23. The van der Waals surface area contributed by atoms with Crippen molar-refractivity contribution < 1.29 is 9.53 Å². The van der Waals surface area contributed by atoms with Gasteiger partial charge in [-0.05, 0) is 37.3 Å². The SMILES string of the molecule is CCOC(=O)/C=C/c1cc2cc(N)ccc2[nH]1. The van der Waals surface area contributed by atoms with E-state index in [2.05, 4.69) is 4.98 Å². The zero-order valence-corrected chi connectivity index (χ0v) is 9.57. The Balaban J connectivity index is 2.22. The first-order valence-corrected chi connectivity index (χ1v) is 5.42. The van der Waals surface area contributed by atoms with E-state index in [1.807, 2.05) is 24.3 Å². The molecule has 0 aliphatic carbocycles. The van der Waals surface area contributed by atoms with E-state index in [1.54, 1.807) is 13.0 Å². The molecular weight excluding hydrogens is 216 g/mol. The first-order valence-electron chi connectivity index (χ1n) is 5.42. The van der Waals surface area contributed by atoms with Crippen LogP contribution in [-0.4, -0.2) is 17.6 Å². The van der Waals surface area contributed by atoms with Gasteiger partial charge in [-0.2, -0.15) is 0 Å². The Morgan fingerprint density at radius 1 is 1.47 bits per heavy atom. The van der Waals surface area contributed by atoms with Gasteiger partial charge in [-0.15, -0.1) is 0 Å². The molecule has 3 N–H and O–H groups in total. The van der Waals surface area contributed by atoms with Gasteiger partial charge in [0.1, 0.15) is 0 Å². The van der Waals surface area contributed by atoms with E-state index < -0.39 is 0 Å². The van der Waals surface area contributed by atoms with E-state index in [1.165, 1.54) is 6.08 Å². The maximum Gasteiger partial charge on any atom is 0.330 e. The molecule has 0 amide bonds. The Morgan fingerprint density at radius 2 is 2.29 bits per heavy atom. The largest absolute Gasteiger partial charge is 0.463 e. The first kappa shape index (κ1) is 11.3. The van der Waals surface area contributed by atoms with Crippen LogP contribution in [0, 0.1) is 0 Å². The van der Waals surface area contributed by atoms with Crippen molar-refractivity contribution in [1.82, 2.24) is 4.98 Å². The Morgan fingerprint density at radius 3 is 3.06 bits per heavy atom. The number of nitrogen functional groups attached to an aromatic ring is 1. The average Bonchev–Trinajstić information content (AvgIpc) is 2.68. The van der Waals surface area contributed by atoms with Crippen molar-refractivity contribution in [3.05, 3.63) is 36.0 Å². The van der Waals surface area contributed by atoms with Crippen molar-refractivity contribution in [2.24, 2.45) is 0 Å². The zero-order valence-electron chi connectivity index (χ0n) is 9.57. The number of carbonyl (C=O) groups is 1. The highest BCUT2D eigenvalue weighted by molar-refractivity contribution is 5.89. The third-order valence-electron chi connectivity index (χ3n) is 2.35. The van der Waals surface area contributed by atoms with Crippen molar-refractivity contribution in [2.45, 2.75) is 6.92 Å². The maximum absolute atomic E-state index is 11.1.